The number of hydrogen-bond acceptors (Lipinski definition) is 7. The monoisotopic (exact) mass is 656 g/mol. The summed E-state index contributed by atoms with van der Waals surface area (Å²) < 4.78 is 14.3. The lowest BCUT2D eigenvalue weighted by molar-refractivity contribution is 0.0376. The molecule has 0 aliphatic heterocycles. The van der Waals surface area contributed by atoms with Crippen molar-refractivity contribution in [3.8, 4) is 33.6 Å². The van der Waals surface area contributed by atoms with E-state index in [1.807, 2.05) is 88.7 Å². The summed E-state index contributed by atoms with van der Waals surface area (Å²) >= 11 is 0. The molecule has 3 aromatic heterocycles. The molecule has 0 saturated heterocycles. The maximum atomic E-state index is 13.0. The number of aromatic nitrogens is 5. The summed E-state index contributed by atoms with van der Waals surface area (Å²) in [6.07, 6.45) is 5.38. The van der Waals surface area contributed by atoms with E-state index < -0.39 is 28.9 Å². The molecule has 10 heteroatoms. The molecule has 1 fully saturated rings. The van der Waals surface area contributed by atoms with Crippen molar-refractivity contribution < 1.29 is 19.1 Å². The van der Waals surface area contributed by atoms with Crippen molar-refractivity contribution in [1.29, 1.82) is 0 Å². The van der Waals surface area contributed by atoms with Gasteiger partial charge in [-0.2, -0.15) is 14.9 Å². The molecule has 0 spiro atoms. The van der Waals surface area contributed by atoms with Gasteiger partial charge in [-0.25, -0.2) is 19.1 Å². The minimum Gasteiger partial charge on any atom is -0.444 e. The second-order valence-electron chi connectivity index (χ2n) is 14.6. The topological polar surface area (TPSA) is 113 Å². The average Bonchev–Trinajstić information content (AvgIpc) is 3.66. The van der Waals surface area contributed by atoms with Crippen molar-refractivity contribution >= 4 is 28.7 Å². The first kappa shape index (κ1) is 32.1. The predicted molar refractivity (Wildman–Crippen MR) is 189 cm³/mol. The highest BCUT2D eigenvalue weighted by Crippen LogP contribution is 2.42. The van der Waals surface area contributed by atoms with E-state index in [1.165, 1.54) is 4.68 Å². The largest absolute Gasteiger partial charge is 0.444 e. The Hall–Kier alpha value is -5.51. The molecule has 49 heavy (non-hydrogen) atoms. The summed E-state index contributed by atoms with van der Waals surface area (Å²) in [7, 11) is 0. The van der Waals surface area contributed by atoms with Crippen molar-refractivity contribution in [3.63, 3.8) is 0 Å². The SMILES string of the molecule is CC(C)(C)OC(=O)NC1(c2ccc(-c3nc4c5cc(-c6ccnn6C(=O)OC(C)(C)C)ccc5nn4cc3-c3ccccc3)cc2)CCC1. The van der Waals surface area contributed by atoms with Gasteiger partial charge in [0.15, 0.2) is 5.65 Å². The van der Waals surface area contributed by atoms with Gasteiger partial charge in [-0.3, -0.25) is 0 Å². The molecule has 1 aliphatic rings. The summed E-state index contributed by atoms with van der Waals surface area (Å²) in [5, 5.41) is 13.1. The van der Waals surface area contributed by atoms with Gasteiger partial charge in [-0.05, 0) is 90.1 Å². The van der Waals surface area contributed by atoms with E-state index >= 15 is 0 Å². The Morgan fingerprint density at radius 2 is 1.51 bits per heavy atom. The van der Waals surface area contributed by atoms with E-state index in [4.69, 9.17) is 19.6 Å². The number of alkyl carbamates (subject to hydrolysis) is 1. The third kappa shape index (κ3) is 6.38. The van der Waals surface area contributed by atoms with Crippen LogP contribution in [-0.4, -0.2) is 47.8 Å². The molecule has 0 radical (unpaired) electrons. The van der Waals surface area contributed by atoms with Crippen molar-refractivity contribution in [1.82, 2.24) is 29.7 Å². The number of hydrogen-bond donors (Lipinski definition) is 1. The lowest BCUT2D eigenvalue weighted by Gasteiger charge is -2.43. The second kappa shape index (κ2) is 11.9. The second-order valence-corrected chi connectivity index (χ2v) is 14.6. The van der Waals surface area contributed by atoms with E-state index in [0.29, 0.717) is 11.3 Å². The van der Waals surface area contributed by atoms with Crippen LogP contribution >= 0.6 is 0 Å². The zero-order valence-electron chi connectivity index (χ0n) is 28.7. The third-order valence-electron chi connectivity index (χ3n) is 8.64. The number of nitrogens with one attached hydrogen (secondary N) is 1. The standard InChI is InChI=1S/C39H40N6O4/c1-37(2,3)48-35(46)42-39(20-10-21-39)28-16-13-26(14-17-28)33-30(25-11-8-7-9-12-25)24-44-34(41-33)29-23-27(15-18-31(29)43-44)32-19-22-40-45(32)36(47)49-38(4,5)6/h7-9,11-19,22-24H,10,20-21H2,1-6H3,(H,42,46). The van der Waals surface area contributed by atoms with E-state index in [9.17, 15) is 9.59 Å². The number of nitrogens with zero attached hydrogens (tertiary/aromatic N) is 5. The van der Waals surface area contributed by atoms with Crippen LogP contribution in [0.1, 0.15) is 66.4 Å². The number of fused-ring (bicyclic) bond motifs is 3. The predicted octanol–water partition coefficient (Wildman–Crippen LogP) is 8.77. The normalized spacial score (nSPS) is 14.4. The number of carbonyl (C=O) groups is 2. The first-order valence-corrected chi connectivity index (χ1v) is 16.6. The Bertz CT molecular complexity index is 2180. The Morgan fingerprint density at radius 3 is 2.16 bits per heavy atom. The molecule has 3 heterocycles. The molecule has 10 nitrogen and oxygen atoms in total. The summed E-state index contributed by atoms with van der Waals surface area (Å²) in [6.45, 7) is 11.1. The first-order valence-electron chi connectivity index (χ1n) is 16.6. The van der Waals surface area contributed by atoms with Crippen molar-refractivity contribution in [2.45, 2.75) is 77.5 Å². The third-order valence-corrected chi connectivity index (χ3v) is 8.64. The van der Waals surface area contributed by atoms with Gasteiger partial charge in [0.2, 0.25) is 0 Å². The van der Waals surface area contributed by atoms with Crippen LogP contribution in [0.4, 0.5) is 9.59 Å². The van der Waals surface area contributed by atoms with E-state index in [1.54, 1.807) is 12.3 Å². The van der Waals surface area contributed by atoms with Gasteiger partial charge in [0.25, 0.3) is 0 Å². The van der Waals surface area contributed by atoms with Crippen LogP contribution in [0.2, 0.25) is 0 Å². The Morgan fingerprint density at radius 1 is 0.816 bits per heavy atom. The zero-order valence-corrected chi connectivity index (χ0v) is 28.7. The first-order chi connectivity index (χ1) is 23.3. The lowest BCUT2D eigenvalue weighted by atomic mass is 9.71. The highest BCUT2D eigenvalue weighted by molar-refractivity contribution is 5.97. The van der Waals surface area contributed by atoms with Crippen LogP contribution in [-0.2, 0) is 15.0 Å². The molecule has 1 N–H and O–H groups in total. The fraction of sp³-hybridized carbons (Fsp3) is 0.308. The van der Waals surface area contributed by atoms with Gasteiger partial charge < -0.3 is 14.8 Å². The molecular weight excluding hydrogens is 616 g/mol. The maximum absolute atomic E-state index is 13.0. The van der Waals surface area contributed by atoms with Crippen LogP contribution < -0.4 is 5.32 Å². The van der Waals surface area contributed by atoms with E-state index in [2.05, 4.69) is 46.8 Å². The molecule has 1 amide bonds. The molecular formula is C39H40N6O4. The van der Waals surface area contributed by atoms with Crippen LogP contribution in [0.15, 0.2) is 91.3 Å². The number of rotatable bonds is 5. The van der Waals surface area contributed by atoms with Gasteiger partial charge >= 0.3 is 12.2 Å². The fourth-order valence-electron chi connectivity index (χ4n) is 6.28. The molecule has 1 aliphatic carbocycles. The number of carbonyl (C=O) groups excluding carboxylic acids is 2. The maximum Gasteiger partial charge on any atom is 0.435 e. The van der Waals surface area contributed by atoms with Gasteiger partial charge in [-0.15, -0.1) is 0 Å². The van der Waals surface area contributed by atoms with Gasteiger partial charge in [0.1, 0.15) is 11.2 Å². The minimum absolute atomic E-state index is 0.407. The van der Waals surface area contributed by atoms with Gasteiger partial charge in [-0.1, -0.05) is 60.7 Å². The molecule has 6 aromatic rings. The number of benzene rings is 3. The smallest absolute Gasteiger partial charge is 0.435 e. The molecule has 1 saturated carbocycles. The van der Waals surface area contributed by atoms with Crippen molar-refractivity contribution in [2.24, 2.45) is 0 Å². The summed E-state index contributed by atoms with van der Waals surface area (Å²) in [5.74, 6) is 0. The Balaban J connectivity index is 1.30. The van der Waals surface area contributed by atoms with E-state index in [0.717, 1.165) is 63.7 Å². The van der Waals surface area contributed by atoms with E-state index in [-0.39, 0.29) is 0 Å². The number of ether oxygens (including phenoxy) is 2. The molecule has 0 bridgehead atoms. The van der Waals surface area contributed by atoms with Crippen molar-refractivity contribution in [3.05, 3.63) is 96.8 Å². The summed E-state index contributed by atoms with van der Waals surface area (Å²) in [4.78, 5) is 31.0. The summed E-state index contributed by atoms with van der Waals surface area (Å²) in [5.41, 5.74) is 5.88. The molecule has 0 unspecified atom stereocenters. The van der Waals surface area contributed by atoms with Gasteiger partial charge in [0, 0.05) is 28.3 Å². The van der Waals surface area contributed by atoms with Crippen LogP contribution in [0.3, 0.4) is 0 Å². The zero-order chi connectivity index (χ0) is 34.6. The van der Waals surface area contributed by atoms with Crippen LogP contribution in [0.5, 0.6) is 0 Å². The van der Waals surface area contributed by atoms with Crippen LogP contribution in [0.25, 0.3) is 50.2 Å². The lowest BCUT2D eigenvalue weighted by Crippen LogP contribution is -2.52. The highest BCUT2D eigenvalue weighted by Gasteiger charge is 2.41. The molecule has 250 valence electrons. The van der Waals surface area contributed by atoms with Crippen LogP contribution in [0, 0.1) is 0 Å². The Kier molecular flexibility index (Phi) is 7.77. The quantitative estimate of drug-likeness (QED) is 0.197. The minimum atomic E-state index is -0.658. The molecule has 3 aromatic carbocycles. The fourth-order valence-corrected chi connectivity index (χ4v) is 6.28. The van der Waals surface area contributed by atoms with Crippen molar-refractivity contribution in [2.75, 3.05) is 0 Å². The highest BCUT2D eigenvalue weighted by atomic mass is 16.6. The number of amides is 1. The molecule has 0 atom stereocenters. The Labute approximate surface area is 285 Å². The van der Waals surface area contributed by atoms with Gasteiger partial charge in [0.05, 0.1) is 28.6 Å². The molecule has 7 rings (SSSR count). The summed E-state index contributed by atoms with van der Waals surface area (Å²) in [6, 6.07) is 26.1. The average molecular weight is 657 g/mol.